The SMILES string of the molecule is Ic1ccc(NN=C(N=Nc2nc3ccccc3s2)c2ccccc2)cc1. The van der Waals surface area contributed by atoms with Crippen molar-refractivity contribution in [1.29, 1.82) is 0 Å². The second-order valence-electron chi connectivity index (χ2n) is 5.58. The molecule has 5 nitrogen and oxygen atoms in total. The molecule has 0 aliphatic rings. The molecule has 0 amide bonds. The molecule has 0 saturated carbocycles. The van der Waals surface area contributed by atoms with E-state index < -0.39 is 0 Å². The maximum absolute atomic E-state index is 4.49. The predicted molar refractivity (Wildman–Crippen MR) is 120 cm³/mol. The Balaban J connectivity index is 1.63. The minimum absolute atomic E-state index is 0.494. The number of rotatable bonds is 4. The van der Waals surface area contributed by atoms with Gasteiger partial charge in [-0.1, -0.05) is 53.8 Å². The van der Waals surface area contributed by atoms with E-state index in [4.69, 9.17) is 0 Å². The van der Waals surface area contributed by atoms with Gasteiger partial charge in [0.25, 0.3) is 0 Å². The van der Waals surface area contributed by atoms with Gasteiger partial charge >= 0.3 is 0 Å². The van der Waals surface area contributed by atoms with E-state index in [1.165, 1.54) is 14.9 Å². The Morgan fingerprint density at radius 2 is 1.63 bits per heavy atom. The van der Waals surface area contributed by atoms with Crippen molar-refractivity contribution in [2.45, 2.75) is 0 Å². The summed E-state index contributed by atoms with van der Waals surface area (Å²) in [5.74, 6) is 0.494. The van der Waals surface area contributed by atoms with Gasteiger partial charge in [-0.3, -0.25) is 5.43 Å². The molecule has 1 heterocycles. The van der Waals surface area contributed by atoms with Crippen LogP contribution in [0.2, 0.25) is 0 Å². The van der Waals surface area contributed by atoms with Crippen molar-refractivity contribution in [3.63, 3.8) is 0 Å². The van der Waals surface area contributed by atoms with E-state index in [9.17, 15) is 0 Å². The third-order valence-electron chi connectivity index (χ3n) is 3.68. The molecule has 4 aromatic rings. The molecule has 0 atom stereocenters. The topological polar surface area (TPSA) is 62.0 Å². The van der Waals surface area contributed by atoms with Crippen molar-refractivity contribution in [1.82, 2.24) is 4.98 Å². The number of nitrogens with one attached hydrogen (secondary N) is 1. The number of para-hydroxylation sites is 1. The Hall–Kier alpha value is -2.65. The summed E-state index contributed by atoms with van der Waals surface area (Å²) in [6.45, 7) is 0. The van der Waals surface area contributed by atoms with Gasteiger partial charge in [-0.25, -0.2) is 4.98 Å². The van der Waals surface area contributed by atoms with Crippen LogP contribution < -0.4 is 5.43 Å². The van der Waals surface area contributed by atoms with Gasteiger partial charge in [-0.15, -0.1) is 10.2 Å². The number of azo groups is 1. The largest absolute Gasteiger partial charge is 0.276 e. The summed E-state index contributed by atoms with van der Waals surface area (Å²) >= 11 is 3.77. The van der Waals surface area contributed by atoms with Crippen LogP contribution in [0, 0.1) is 3.57 Å². The quantitative estimate of drug-likeness (QED) is 0.119. The first-order chi connectivity index (χ1) is 13.3. The molecule has 0 saturated heterocycles. The molecule has 0 bridgehead atoms. The van der Waals surface area contributed by atoms with Crippen LogP contribution in [0.3, 0.4) is 0 Å². The Morgan fingerprint density at radius 1 is 0.889 bits per heavy atom. The molecular weight excluding hydrogens is 469 g/mol. The summed E-state index contributed by atoms with van der Waals surface area (Å²) < 4.78 is 2.25. The highest BCUT2D eigenvalue weighted by Gasteiger charge is 2.05. The summed E-state index contributed by atoms with van der Waals surface area (Å²) in [5, 5.41) is 13.7. The summed E-state index contributed by atoms with van der Waals surface area (Å²) in [6, 6.07) is 25.7. The van der Waals surface area contributed by atoms with Crippen molar-refractivity contribution >= 4 is 60.8 Å². The maximum Gasteiger partial charge on any atom is 0.231 e. The predicted octanol–water partition coefficient (Wildman–Crippen LogP) is 6.46. The zero-order valence-electron chi connectivity index (χ0n) is 14.1. The second-order valence-corrected chi connectivity index (χ2v) is 7.84. The van der Waals surface area contributed by atoms with E-state index in [0.29, 0.717) is 11.0 Å². The number of hydrogen-bond acceptors (Lipinski definition) is 5. The van der Waals surface area contributed by atoms with E-state index in [0.717, 1.165) is 21.5 Å². The highest BCUT2D eigenvalue weighted by molar-refractivity contribution is 14.1. The molecule has 0 radical (unpaired) electrons. The van der Waals surface area contributed by atoms with Crippen molar-refractivity contribution in [2.24, 2.45) is 15.3 Å². The van der Waals surface area contributed by atoms with Crippen molar-refractivity contribution in [3.8, 4) is 0 Å². The van der Waals surface area contributed by atoms with E-state index in [1.54, 1.807) is 0 Å². The van der Waals surface area contributed by atoms with Gasteiger partial charge < -0.3 is 0 Å². The van der Waals surface area contributed by atoms with Crippen LogP contribution in [-0.2, 0) is 0 Å². The molecule has 0 aliphatic carbocycles. The number of aromatic nitrogens is 1. The number of hydrazone groups is 1. The lowest BCUT2D eigenvalue weighted by Gasteiger charge is -2.03. The van der Waals surface area contributed by atoms with Gasteiger partial charge in [0.15, 0.2) is 0 Å². The Bertz CT molecular complexity index is 1070. The molecule has 27 heavy (non-hydrogen) atoms. The lowest BCUT2D eigenvalue weighted by Crippen LogP contribution is -2.01. The molecular formula is C20H14IN5S. The van der Waals surface area contributed by atoms with Crippen LogP contribution in [0.5, 0.6) is 0 Å². The van der Waals surface area contributed by atoms with Gasteiger partial charge in [0.2, 0.25) is 11.0 Å². The number of halogens is 1. The highest BCUT2D eigenvalue weighted by atomic mass is 127. The van der Waals surface area contributed by atoms with Gasteiger partial charge in [0.1, 0.15) is 0 Å². The van der Waals surface area contributed by atoms with E-state index in [-0.39, 0.29) is 0 Å². The van der Waals surface area contributed by atoms with E-state index in [1.807, 2.05) is 78.9 Å². The number of amidine groups is 1. The average molecular weight is 483 g/mol. The fourth-order valence-corrected chi connectivity index (χ4v) is 3.51. The lowest BCUT2D eigenvalue weighted by molar-refractivity contribution is 1.21. The summed E-state index contributed by atoms with van der Waals surface area (Å²) in [7, 11) is 0. The summed E-state index contributed by atoms with van der Waals surface area (Å²) in [4.78, 5) is 4.49. The number of hydrogen-bond donors (Lipinski definition) is 1. The van der Waals surface area contributed by atoms with Crippen molar-refractivity contribution < 1.29 is 0 Å². The van der Waals surface area contributed by atoms with Gasteiger partial charge in [0, 0.05) is 9.13 Å². The standard InChI is InChI=1S/C20H14IN5S/c21-15-10-12-16(13-11-15)23-24-19(14-6-2-1-3-7-14)25-26-20-22-17-8-4-5-9-18(17)27-20/h1-13,23H. The second kappa shape index (κ2) is 8.36. The summed E-state index contributed by atoms with van der Waals surface area (Å²) in [5.41, 5.74) is 5.73. The summed E-state index contributed by atoms with van der Waals surface area (Å²) in [6.07, 6.45) is 0. The average Bonchev–Trinajstić information content (AvgIpc) is 3.13. The van der Waals surface area contributed by atoms with Crippen LogP contribution >= 0.6 is 33.9 Å². The van der Waals surface area contributed by atoms with Crippen molar-refractivity contribution in [2.75, 3.05) is 5.43 Å². The van der Waals surface area contributed by atoms with Crippen LogP contribution in [0.25, 0.3) is 10.2 Å². The smallest absolute Gasteiger partial charge is 0.231 e. The van der Waals surface area contributed by atoms with E-state index in [2.05, 4.69) is 48.3 Å². The van der Waals surface area contributed by atoms with Crippen LogP contribution in [-0.4, -0.2) is 10.8 Å². The van der Waals surface area contributed by atoms with Crippen LogP contribution in [0.15, 0.2) is 94.2 Å². The molecule has 4 rings (SSSR count). The molecule has 0 unspecified atom stereocenters. The number of benzene rings is 3. The minimum Gasteiger partial charge on any atom is -0.276 e. The first-order valence-electron chi connectivity index (χ1n) is 8.20. The molecule has 7 heteroatoms. The molecule has 0 aliphatic heterocycles. The third kappa shape index (κ3) is 4.55. The van der Waals surface area contributed by atoms with Gasteiger partial charge in [0.05, 0.1) is 15.9 Å². The number of nitrogens with zero attached hydrogens (tertiary/aromatic N) is 4. The third-order valence-corrected chi connectivity index (χ3v) is 5.32. The van der Waals surface area contributed by atoms with Crippen LogP contribution in [0.1, 0.15) is 5.56 Å². The lowest BCUT2D eigenvalue weighted by atomic mass is 10.2. The minimum atomic E-state index is 0.494. The first kappa shape index (κ1) is 17.7. The monoisotopic (exact) mass is 483 g/mol. The Morgan fingerprint density at radius 3 is 2.41 bits per heavy atom. The van der Waals surface area contributed by atoms with Gasteiger partial charge in [-0.05, 0) is 59.0 Å². The molecule has 0 spiro atoms. The molecule has 0 fully saturated rings. The fraction of sp³-hybridized carbons (Fsp3) is 0. The molecule has 1 aromatic heterocycles. The highest BCUT2D eigenvalue weighted by Crippen LogP contribution is 2.28. The zero-order valence-corrected chi connectivity index (χ0v) is 17.1. The number of fused-ring (bicyclic) bond motifs is 1. The zero-order chi connectivity index (χ0) is 18.5. The fourth-order valence-electron chi connectivity index (χ4n) is 2.37. The molecule has 3 aromatic carbocycles. The van der Waals surface area contributed by atoms with Crippen molar-refractivity contribution in [3.05, 3.63) is 88.0 Å². The maximum atomic E-state index is 4.49. The molecule has 1 N–H and O–H groups in total. The number of thiazole rings is 1. The first-order valence-corrected chi connectivity index (χ1v) is 10.1. The van der Waals surface area contributed by atoms with Crippen LogP contribution in [0.4, 0.5) is 10.8 Å². The Kier molecular flexibility index (Phi) is 5.50. The van der Waals surface area contributed by atoms with Gasteiger partial charge in [-0.2, -0.15) is 5.10 Å². The van der Waals surface area contributed by atoms with E-state index >= 15 is 0 Å². The normalized spacial score (nSPS) is 12.0. The Labute approximate surface area is 174 Å². The number of anilines is 1. The molecule has 132 valence electrons.